The smallest absolute Gasteiger partial charge is 0.311 e. The quantitative estimate of drug-likeness (QED) is 0.594. The fourth-order valence-electron chi connectivity index (χ4n) is 4.34. The molecule has 2 heterocycles. The second-order valence-electron chi connectivity index (χ2n) is 6.91. The monoisotopic (exact) mass is 411 g/mol. The van der Waals surface area contributed by atoms with Crippen molar-refractivity contribution in [1.82, 2.24) is 19.6 Å². The van der Waals surface area contributed by atoms with Crippen LogP contribution in [-0.4, -0.2) is 38.2 Å². The van der Waals surface area contributed by atoms with Gasteiger partial charge in [0.1, 0.15) is 5.69 Å². The molecule has 2 aromatic rings. The van der Waals surface area contributed by atoms with Crippen LogP contribution >= 0.6 is 23.1 Å². The van der Waals surface area contributed by atoms with Gasteiger partial charge in [0.25, 0.3) is 0 Å². The molecule has 5 rings (SSSR count). The van der Waals surface area contributed by atoms with E-state index < -0.39 is 5.82 Å². The number of esters is 1. The van der Waals surface area contributed by atoms with Crippen LogP contribution in [0.15, 0.2) is 6.20 Å². The number of ether oxygens (including phenoxy) is 1. The van der Waals surface area contributed by atoms with Crippen molar-refractivity contribution < 1.29 is 13.9 Å². The summed E-state index contributed by atoms with van der Waals surface area (Å²) in [7, 11) is 0. The van der Waals surface area contributed by atoms with Crippen LogP contribution in [0.3, 0.4) is 0 Å². The molecule has 2 bridgehead atoms. The lowest BCUT2D eigenvalue weighted by molar-refractivity contribution is -0.154. The third-order valence-electron chi connectivity index (χ3n) is 5.50. The van der Waals surface area contributed by atoms with Gasteiger partial charge in [0.15, 0.2) is 11.6 Å². The van der Waals surface area contributed by atoms with Gasteiger partial charge in [-0.05, 0) is 67.6 Å². The fraction of sp³-hybridized carbons (Fsp3) is 0.588. The van der Waals surface area contributed by atoms with Crippen molar-refractivity contribution in [3.05, 3.63) is 17.3 Å². The normalized spacial score (nSPS) is 26.8. The second kappa shape index (κ2) is 7.63. The summed E-state index contributed by atoms with van der Waals surface area (Å²) in [5.74, 6) is -0.626. The molecule has 0 saturated heterocycles. The first-order valence-corrected chi connectivity index (χ1v) is 10.2. The predicted octanol–water partition coefficient (Wildman–Crippen LogP) is 3.57. The molecule has 3 aliphatic rings. The van der Waals surface area contributed by atoms with Crippen molar-refractivity contribution in [2.45, 2.75) is 38.6 Å². The Kier molecular flexibility index (Phi) is 5.23. The van der Waals surface area contributed by atoms with Gasteiger partial charge in [0, 0.05) is 6.04 Å². The zero-order chi connectivity index (χ0) is 19.0. The number of hydrogen-bond acceptors (Lipinski definition) is 8. The van der Waals surface area contributed by atoms with Crippen LogP contribution in [0.2, 0.25) is 5.28 Å². The lowest BCUT2D eigenvalue weighted by atomic mass is 9.61. The van der Waals surface area contributed by atoms with Gasteiger partial charge in [-0.15, -0.1) is 5.10 Å². The summed E-state index contributed by atoms with van der Waals surface area (Å²) < 4.78 is 24.1. The molecule has 0 amide bonds. The lowest BCUT2D eigenvalue weighted by Gasteiger charge is -2.47. The van der Waals surface area contributed by atoms with E-state index in [0.29, 0.717) is 11.5 Å². The van der Waals surface area contributed by atoms with E-state index in [9.17, 15) is 4.79 Å². The maximum atomic E-state index is 15.1. The minimum absolute atomic E-state index is 0.00486. The van der Waals surface area contributed by atoms with Gasteiger partial charge in [-0.2, -0.15) is 4.98 Å². The SMILES string of the molecule is CCOC(=O)[C@H]1C2CCC(CC2)[C@@H]1Nc1nc(Cl)nc(-c2cnns2)c1F. The highest BCUT2D eigenvalue weighted by molar-refractivity contribution is 7.09. The number of hydrogen-bond donors (Lipinski definition) is 1. The zero-order valence-electron chi connectivity index (χ0n) is 14.7. The Hall–Kier alpha value is -1.87. The molecule has 10 heteroatoms. The molecule has 7 nitrogen and oxygen atoms in total. The van der Waals surface area contributed by atoms with Crippen molar-refractivity contribution in [2.75, 3.05) is 11.9 Å². The Balaban J connectivity index is 1.67. The van der Waals surface area contributed by atoms with Crippen LogP contribution in [0.25, 0.3) is 10.6 Å². The van der Waals surface area contributed by atoms with E-state index in [-0.39, 0.29) is 46.6 Å². The van der Waals surface area contributed by atoms with Gasteiger partial charge in [-0.25, -0.2) is 9.37 Å². The Labute approximate surface area is 164 Å². The number of halogens is 2. The van der Waals surface area contributed by atoms with E-state index in [0.717, 1.165) is 37.2 Å². The lowest BCUT2D eigenvalue weighted by Crippen LogP contribution is -2.52. The molecule has 3 saturated carbocycles. The Morgan fingerprint density at radius 1 is 1.33 bits per heavy atom. The maximum absolute atomic E-state index is 15.1. The van der Waals surface area contributed by atoms with Crippen molar-refractivity contribution in [2.24, 2.45) is 17.8 Å². The van der Waals surface area contributed by atoms with Crippen molar-refractivity contribution >= 4 is 34.9 Å². The molecule has 0 aromatic carbocycles. The minimum atomic E-state index is -0.616. The molecule has 2 aromatic heterocycles. The van der Waals surface area contributed by atoms with Gasteiger partial charge in [0.05, 0.1) is 23.6 Å². The number of nitrogens with one attached hydrogen (secondary N) is 1. The van der Waals surface area contributed by atoms with Gasteiger partial charge in [-0.1, -0.05) is 4.49 Å². The number of carbonyl (C=O) groups excluding carboxylic acids is 1. The van der Waals surface area contributed by atoms with Crippen LogP contribution in [0.5, 0.6) is 0 Å². The fourth-order valence-corrected chi connectivity index (χ4v) is 5.01. The van der Waals surface area contributed by atoms with E-state index in [1.165, 1.54) is 6.20 Å². The van der Waals surface area contributed by atoms with Crippen molar-refractivity contribution in [3.8, 4) is 10.6 Å². The van der Waals surface area contributed by atoms with E-state index in [1.54, 1.807) is 6.92 Å². The molecular weight excluding hydrogens is 393 g/mol. The second-order valence-corrected chi connectivity index (χ2v) is 8.03. The van der Waals surface area contributed by atoms with E-state index in [2.05, 4.69) is 24.9 Å². The van der Waals surface area contributed by atoms with E-state index in [4.69, 9.17) is 16.3 Å². The number of nitrogens with zero attached hydrogens (tertiary/aromatic N) is 4. The third kappa shape index (κ3) is 3.50. The number of fused-ring (bicyclic) bond motifs is 3. The van der Waals surface area contributed by atoms with Crippen LogP contribution in [0.1, 0.15) is 32.6 Å². The third-order valence-corrected chi connectivity index (χ3v) is 6.34. The van der Waals surface area contributed by atoms with Crippen molar-refractivity contribution in [3.63, 3.8) is 0 Å². The molecule has 0 aliphatic heterocycles. The molecule has 27 heavy (non-hydrogen) atoms. The summed E-state index contributed by atoms with van der Waals surface area (Å²) in [5, 5.41) is 6.81. The van der Waals surface area contributed by atoms with Gasteiger partial charge < -0.3 is 10.1 Å². The van der Waals surface area contributed by atoms with Gasteiger partial charge in [-0.3, -0.25) is 4.79 Å². The number of anilines is 1. The average molecular weight is 412 g/mol. The zero-order valence-corrected chi connectivity index (χ0v) is 16.3. The summed E-state index contributed by atoms with van der Waals surface area (Å²) in [6, 6.07) is -0.232. The molecule has 2 atom stereocenters. The Morgan fingerprint density at radius 2 is 2.07 bits per heavy atom. The van der Waals surface area contributed by atoms with Gasteiger partial charge in [0.2, 0.25) is 5.28 Å². The molecule has 3 aliphatic carbocycles. The molecular formula is C17H19ClFN5O2S. The summed E-state index contributed by atoms with van der Waals surface area (Å²) in [4.78, 5) is 21.0. The molecule has 3 fully saturated rings. The first-order chi connectivity index (χ1) is 13.1. The minimum Gasteiger partial charge on any atom is -0.466 e. The standard InChI is InChI=1S/C17H19ClFN5O2S/c1-2-26-16(25)11-8-3-5-9(6-4-8)13(11)21-15-12(19)14(22-17(18)23-15)10-7-20-24-27-10/h7-9,11,13H,2-6H2,1H3,(H,21,22,23)/t8?,9?,11-,13-/m0/s1. The highest BCUT2D eigenvalue weighted by Crippen LogP contribution is 2.47. The number of aromatic nitrogens is 4. The molecule has 144 valence electrons. The highest BCUT2D eigenvalue weighted by Gasteiger charge is 2.48. The largest absolute Gasteiger partial charge is 0.466 e. The molecule has 0 unspecified atom stereocenters. The molecule has 1 N–H and O–H groups in total. The summed E-state index contributed by atoms with van der Waals surface area (Å²) in [6.07, 6.45) is 5.43. The van der Waals surface area contributed by atoms with Crippen LogP contribution < -0.4 is 5.32 Å². The molecule has 0 spiro atoms. The predicted molar refractivity (Wildman–Crippen MR) is 98.9 cm³/mol. The molecule has 0 radical (unpaired) electrons. The van der Waals surface area contributed by atoms with Crippen molar-refractivity contribution in [1.29, 1.82) is 0 Å². The topological polar surface area (TPSA) is 89.9 Å². The maximum Gasteiger partial charge on any atom is 0.311 e. The van der Waals surface area contributed by atoms with Crippen LogP contribution in [0.4, 0.5) is 10.2 Å². The first kappa shape index (κ1) is 18.5. The van der Waals surface area contributed by atoms with E-state index >= 15 is 4.39 Å². The van der Waals surface area contributed by atoms with Crippen LogP contribution in [-0.2, 0) is 9.53 Å². The average Bonchev–Trinajstić information content (AvgIpc) is 3.20. The summed E-state index contributed by atoms with van der Waals surface area (Å²) >= 11 is 7.05. The highest BCUT2D eigenvalue weighted by atomic mass is 35.5. The van der Waals surface area contributed by atoms with E-state index in [1.807, 2.05) is 0 Å². The number of rotatable bonds is 5. The Morgan fingerprint density at radius 3 is 2.74 bits per heavy atom. The van der Waals surface area contributed by atoms with Crippen LogP contribution in [0, 0.1) is 23.6 Å². The van der Waals surface area contributed by atoms with Gasteiger partial charge >= 0.3 is 5.97 Å². The first-order valence-electron chi connectivity index (χ1n) is 9.02. The summed E-state index contributed by atoms with van der Waals surface area (Å²) in [5.41, 5.74) is 0.0566. The number of carbonyl (C=O) groups is 1. The Bertz CT molecular complexity index is 829. The summed E-state index contributed by atoms with van der Waals surface area (Å²) in [6.45, 7) is 2.12.